The van der Waals surface area contributed by atoms with Crippen LogP contribution in [0.1, 0.15) is 29.3 Å². The van der Waals surface area contributed by atoms with Gasteiger partial charge in [0.25, 0.3) is 5.91 Å². The van der Waals surface area contributed by atoms with Gasteiger partial charge in [-0.2, -0.15) is 5.26 Å². The minimum Gasteiger partial charge on any atom is -0.482 e. The van der Waals surface area contributed by atoms with Crippen LogP contribution in [0.5, 0.6) is 5.75 Å². The fourth-order valence-electron chi connectivity index (χ4n) is 2.00. The number of nitrogens with one attached hydrogen (secondary N) is 1. The molecule has 0 aromatic heterocycles. The summed E-state index contributed by atoms with van der Waals surface area (Å²) in [5.41, 5.74) is 1.35. The van der Waals surface area contributed by atoms with Crippen LogP contribution in [0.25, 0.3) is 0 Å². The predicted molar refractivity (Wildman–Crippen MR) is 97.3 cm³/mol. The Morgan fingerprint density at radius 3 is 2.54 bits per heavy atom. The van der Waals surface area contributed by atoms with Crippen molar-refractivity contribution in [2.45, 2.75) is 13.3 Å². The van der Waals surface area contributed by atoms with Gasteiger partial charge in [0, 0.05) is 5.69 Å². The summed E-state index contributed by atoms with van der Waals surface area (Å²) in [7, 11) is 0. The molecule has 0 aliphatic rings. The third kappa shape index (κ3) is 5.50. The van der Waals surface area contributed by atoms with E-state index in [1.165, 1.54) is 12.1 Å². The van der Waals surface area contributed by atoms with E-state index < -0.39 is 5.97 Å². The molecule has 134 valence electrons. The Morgan fingerprint density at radius 2 is 1.92 bits per heavy atom. The first-order valence-corrected chi connectivity index (χ1v) is 8.30. The monoisotopic (exact) mass is 372 g/mol. The van der Waals surface area contributed by atoms with Crippen molar-refractivity contribution in [2.24, 2.45) is 0 Å². The second-order valence-electron chi connectivity index (χ2n) is 5.31. The molecular formula is C19H17ClN2O4. The average Bonchev–Trinajstić information content (AvgIpc) is 2.65. The normalized spacial score (nSPS) is 9.88. The minimum absolute atomic E-state index is 0.244. The molecule has 0 spiro atoms. The van der Waals surface area contributed by atoms with Gasteiger partial charge in [-0.05, 0) is 48.9 Å². The van der Waals surface area contributed by atoms with Gasteiger partial charge in [0.1, 0.15) is 5.75 Å². The van der Waals surface area contributed by atoms with Gasteiger partial charge >= 0.3 is 5.97 Å². The first-order chi connectivity index (χ1) is 12.5. The number of ether oxygens (including phenoxy) is 2. The number of carbonyl (C=O) groups excluding carboxylic acids is 2. The summed E-state index contributed by atoms with van der Waals surface area (Å²) >= 11 is 5.98. The number of halogens is 1. The fourth-order valence-corrected chi connectivity index (χ4v) is 2.23. The number of rotatable bonds is 7. The van der Waals surface area contributed by atoms with Crippen molar-refractivity contribution in [3.05, 3.63) is 58.6 Å². The maximum Gasteiger partial charge on any atom is 0.338 e. The Hall–Kier alpha value is -3.04. The summed E-state index contributed by atoms with van der Waals surface area (Å²) < 4.78 is 10.4. The van der Waals surface area contributed by atoms with Gasteiger partial charge in [-0.1, -0.05) is 18.5 Å². The van der Waals surface area contributed by atoms with Crippen LogP contribution in [-0.2, 0) is 9.53 Å². The van der Waals surface area contributed by atoms with Crippen molar-refractivity contribution in [2.75, 3.05) is 18.5 Å². The zero-order chi connectivity index (χ0) is 18.9. The number of hydrogen-bond acceptors (Lipinski definition) is 5. The molecular weight excluding hydrogens is 356 g/mol. The molecule has 0 unspecified atom stereocenters. The molecule has 0 saturated carbocycles. The average molecular weight is 373 g/mol. The van der Waals surface area contributed by atoms with Crippen LogP contribution in [-0.4, -0.2) is 25.1 Å². The van der Waals surface area contributed by atoms with E-state index in [2.05, 4.69) is 5.32 Å². The number of anilines is 1. The van der Waals surface area contributed by atoms with Gasteiger partial charge in [-0.3, -0.25) is 4.79 Å². The van der Waals surface area contributed by atoms with Crippen molar-refractivity contribution in [3.8, 4) is 11.8 Å². The van der Waals surface area contributed by atoms with E-state index in [-0.39, 0.29) is 17.5 Å². The zero-order valence-corrected chi connectivity index (χ0v) is 14.9. The van der Waals surface area contributed by atoms with Crippen molar-refractivity contribution in [1.82, 2.24) is 0 Å². The number of carbonyl (C=O) groups is 2. The second-order valence-corrected chi connectivity index (χ2v) is 5.71. The minimum atomic E-state index is -0.400. The van der Waals surface area contributed by atoms with Gasteiger partial charge in [0.2, 0.25) is 0 Å². The molecule has 1 N–H and O–H groups in total. The second kappa shape index (κ2) is 9.44. The van der Waals surface area contributed by atoms with Crippen LogP contribution in [0.15, 0.2) is 42.5 Å². The third-order valence-electron chi connectivity index (χ3n) is 3.26. The van der Waals surface area contributed by atoms with Crippen molar-refractivity contribution < 1.29 is 19.1 Å². The summed E-state index contributed by atoms with van der Waals surface area (Å²) in [5, 5.41) is 11.7. The predicted octanol–water partition coefficient (Wildman–Crippen LogP) is 3.80. The van der Waals surface area contributed by atoms with Crippen molar-refractivity contribution in [3.63, 3.8) is 0 Å². The van der Waals surface area contributed by atoms with E-state index in [4.69, 9.17) is 26.3 Å². The Morgan fingerprint density at radius 1 is 1.19 bits per heavy atom. The highest BCUT2D eigenvalue weighted by atomic mass is 35.5. The van der Waals surface area contributed by atoms with Gasteiger partial charge in [-0.15, -0.1) is 0 Å². The molecule has 0 atom stereocenters. The molecule has 0 fully saturated rings. The van der Waals surface area contributed by atoms with E-state index in [0.717, 1.165) is 6.42 Å². The van der Waals surface area contributed by atoms with Crippen molar-refractivity contribution in [1.29, 1.82) is 5.26 Å². The summed E-state index contributed by atoms with van der Waals surface area (Å²) in [6, 6.07) is 12.9. The number of esters is 1. The molecule has 0 aliphatic heterocycles. The van der Waals surface area contributed by atoms with E-state index in [9.17, 15) is 9.59 Å². The summed E-state index contributed by atoms with van der Waals surface area (Å²) in [4.78, 5) is 23.7. The summed E-state index contributed by atoms with van der Waals surface area (Å²) in [6.45, 7) is 2.04. The van der Waals surface area contributed by atoms with Gasteiger partial charge in [-0.25, -0.2) is 4.79 Å². The molecule has 0 aliphatic carbocycles. The molecule has 0 heterocycles. The van der Waals surface area contributed by atoms with E-state index in [1.54, 1.807) is 30.3 Å². The summed E-state index contributed by atoms with van der Waals surface area (Å²) in [6.07, 6.45) is 0.753. The smallest absolute Gasteiger partial charge is 0.338 e. The van der Waals surface area contributed by atoms with Crippen LogP contribution in [0, 0.1) is 11.3 Å². The van der Waals surface area contributed by atoms with E-state index in [0.29, 0.717) is 29.2 Å². The quantitative estimate of drug-likeness (QED) is 0.747. The molecule has 0 saturated heterocycles. The van der Waals surface area contributed by atoms with Gasteiger partial charge < -0.3 is 14.8 Å². The summed E-state index contributed by atoms with van der Waals surface area (Å²) in [5.74, 6) is -0.468. The maximum atomic E-state index is 12.0. The Kier molecular flexibility index (Phi) is 7.01. The molecule has 2 rings (SSSR count). The number of nitrogens with zero attached hydrogens (tertiary/aromatic N) is 1. The third-order valence-corrected chi connectivity index (χ3v) is 3.56. The molecule has 6 nitrogen and oxygen atoms in total. The van der Waals surface area contributed by atoms with Gasteiger partial charge in [0.15, 0.2) is 6.61 Å². The lowest BCUT2D eigenvalue weighted by Crippen LogP contribution is -2.20. The molecule has 1 amide bonds. The van der Waals surface area contributed by atoms with Crippen LogP contribution in [0.3, 0.4) is 0 Å². The van der Waals surface area contributed by atoms with Crippen molar-refractivity contribution >= 4 is 29.2 Å². The van der Waals surface area contributed by atoms with E-state index in [1.807, 2.05) is 13.0 Å². The largest absolute Gasteiger partial charge is 0.482 e. The Bertz CT molecular complexity index is 828. The first-order valence-electron chi connectivity index (χ1n) is 7.93. The number of amides is 1. The fraction of sp³-hybridized carbons (Fsp3) is 0.211. The first kappa shape index (κ1) is 19.3. The number of nitriles is 1. The van der Waals surface area contributed by atoms with Crippen LogP contribution < -0.4 is 10.1 Å². The zero-order valence-electron chi connectivity index (χ0n) is 14.1. The number of hydrogen-bond donors (Lipinski definition) is 1. The van der Waals surface area contributed by atoms with Crippen LogP contribution in [0.2, 0.25) is 5.02 Å². The molecule has 2 aromatic carbocycles. The van der Waals surface area contributed by atoms with Crippen LogP contribution >= 0.6 is 11.6 Å². The molecule has 7 heteroatoms. The maximum absolute atomic E-state index is 12.0. The highest BCUT2D eigenvalue weighted by molar-refractivity contribution is 6.32. The number of benzene rings is 2. The molecule has 0 radical (unpaired) electrons. The lowest BCUT2D eigenvalue weighted by molar-refractivity contribution is -0.118. The molecule has 2 aromatic rings. The standard InChI is InChI=1S/C19H17ClN2O4/c1-2-9-25-19(24)14-4-6-15(7-5-14)22-18(23)12-26-17-8-3-13(11-21)10-16(17)20/h3-8,10H,2,9,12H2,1H3,(H,22,23). The highest BCUT2D eigenvalue weighted by Gasteiger charge is 2.09. The topological polar surface area (TPSA) is 88.4 Å². The molecule has 26 heavy (non-hydrogen) atoms. The van der Waals surface area contributed by atoms with E-state index >= 15 is 0 Å². The lowest BCUT2D eigenvalue weighted by atomic mass is 10.2. The highest BCUT2D eigenvalue weighted by Crippen LogP contribution is 2.25. The Balaban J connectivity index is 1.88. The Labute approximate surface area is 156 Å². The van der Waals surface area contributed by atoms with Gasteiger partial charge in [0.05, 0.1) is 28.8 Å². The SMILES string of the molecule is CCCOC(=O)c1ccc(NC(=O)COc2ccc(C#N)cc2Cl)cc1. The lowest BCUT2D eigenvalue weighted by Gasteiger charge is -2.09. The van der Waals surface area contributed by atoms with Crippen LogP contribution in [0.4, 0.5) is 5.69 Å². The molecule has 0 bridgehead atoms.